The summed E-state index contributed by atoms with van der Waals surface area (Å²) < 4.78 is 0. The summed E-state index contributed by atoms with van der Waals surface area (Å²) in [4.78, 5) is 0. The van der Waals surface area contributed by atoms with Gasteiger partial charge >= 0.3 is 0 Å². The summed E-state index contributed by atoms with van der Waals surface area (Å²) >= 11 is 5.49. The fraction of sp³-hybridized carbons (Fsp3) is 1.00. The molecule has 0 aliphatic rings. The summed E-state index contributed by atoms with van der Waals surface area (Å²) in [5, 5.41) is 0.372. The molecule has 0 N–H and O–H groups in total. The second-order valence-corrected chi connectivity index (χ2v) is 10.2. The summed E-state index contributed by atoms with van der Waals surface area (Å²) in [6, 6.07) is -1.02. The molecule has 1 atom stereocenters. The van der Waals surface area contributed by atoms with Crippen LogP contribution in [0.25, 0.3) is 0 Å². The fourth-order valence-electron chi connectivity index (χ4n) is 0.474. The van der Waals surface area contributed by atoms with Crippen molar-refractivity contribution in [3.05, 3.63) is 0 Å². The van der Waals surface area contributed by atoms with Crippen LogP contribution < -0.4 is 0 Å². The van der Waals surface area contributed by atoms with Crippen molar-refractivity contribution in [1.82, 2.24) is 0 Å². The maximum absolute atomic E-state index is 5.49. The highest BCUT2D eigenvalue weighted by Crippen LogP contribution is 2.54. The van der Waals surface area contributed by atoms with Crippen molar-refractivity contribution in [3.8, 4) is 0 Å². The summed E-state index contributed by atoms with van der Waals surface area (Å²) in [5.41, 5.74) is 0. The molecule has 0 radical (unpaired) electrons. The molecular weight excluding hydrogens is 147 g/mol. The van der Waals surface area contributed by atoms with Crippen LogP contribution in [0.15, 0.2) is 0 Å². The Bertz CT molecular complexity index is 132. The lowest BCUT2D eigenvalue weighted by Gasteiger charge is -2.30. The van der Waals surface area contributed by atoms with Gasteiger partial charge in [-0.2, -0.15) is 0 Å². The zero-order chi connectivity index (χ0) is 7.71. The van der Waals surface area contributed by atoms with E-state index in [4.69, 9.17) is 11.8 Å². The van der Waals surface area contributed by atoms with Crippen molar-refractivity contribution in [2.24, 2.45) is 0 Å². The molecule has 1 unspecified atom stereocenters. The average molecular weight is 164 g/mol. The lowest BCUT2D eigenvalue weighted by Crippen LogP contribution is -2.14. The lowest BCUT2D eigenvalue weighted by atomic mass is 10.3. The van der Waals surface area contributed by atoms with Crippen molar-refractivity contribution in [3.63, 3.8) is 0 Å². The Hall–Kier alpha value is 0.650. The molecule has 0 aromatic heterocycles. The minimum Gasteiger partial charge on any atom is -0.0972 e. The van der Waals surface area contributed by atoms with Gasteiger partial charge in [0, 0.05) is 0 Å². The highest BCUT2D eigenvalue weighted by atomic mass is 32.4. The maximum atomic E-state index is 5.49. The molecular formula is C7H17PS. The van der Waals surface area contributed by atoms with Crippen molar-refractivity contribution in [1.29, 1.82) is 0 Å². The molecule has 0 saturated carbocycles. The molecule has 0 rings (SSSR count). The van der Waals surface area contributed by atoms with E-state index in [9.17, 15) is 0 Å². The Labute approximate surface area is 64.0 Å². The molecule has 0 fully saturated rings. The smallest absolute Gasteiger partial charge is 0.00914 e. The predicted molar refractivity (Wildman–Crippen MR) is 50.5 cm³/mol. The van der Waals surface area contributed by atoms with Crippen LogP contribution in [0.5, 0.6) is 0 Å². The van der Waals surface area contributed by atoms with Crippen LogP contribution in [0.1, 0.15) is 27.7 Å². The first kappa shape index (κ1) is 9.65. The zero-order valence-corrected chi connectivity index (χ0v) is 8.77. The van der Waals surface area contributed by atoms with Gasteiger partial charge in [0.15, 0.2) is 0 Å². The SMILES string of the molecule is CCP(C)(=S)C(C)(C)C. The van der Waals surface area contributed by atoms with E-state index in [2.05, 4.69) is 34.4 Å². The molecule has 2 heteroatoms. The monoisotopic (exact) mass is 164 g/mol. The van der Waals surface area contributed by atoms with Crippen LogP contribution in [0.3, 0.4) is 0 Å². The van der Waals surface area contributed by atoms with E-state index in [1.807, 2.05) is 0 Å². The molecule has 0 heterocycles. The third-order valence-corrected chi connectivity index (χ3v) is 8.49. The molecule has 9 heavy (non-hydrogen) atoms. The molecule has 0 spiro atoms. The number of hydrogen-bond donors (Lipinski definition) is 0. The molecule has 0 nitrogen and oxygen atoms in total. The first-order valence-electron chi connectivity index (χ1n) is 3.38. The lowest BCUT2D eigenvalue weighted by molar-refractivity contribution is 0.783. The molecule has 0 aliphatic carbocycles. The van der Waals surface area contributed by atoms with Gasteiger partial charge < -0.3 is 0 Å². The Morgan fingerprint density at radius 1 is 1.33 bits per heavy atom. The Morgan fingerprint density at radius 3 is 1.67 bits per heavy atom. The summed E-state index contributed by atoms with van der Waals surface area (Å²) in [5.74, 6) is 0. The van der Waals surface area contributed by atoms with Gasteiger partial charge in [-0.15, -0.1) is 0 Å². The Kier molecular flexibility index (Phi) is 2.91. The van der Waals surface area contributed by atoms with Gasteiger partial charge in [-0.1, -0.05) is 39.5 Å². The van der Waals surface area contributed by atoms with Gasteiger partial charge in [0.2, 0.25) is 0 Å². The van der Waals surface area contributed by atoms with E-state index in [0.717, 1.165) is 0 Å². The maximum Gasteiger partial charge on any atom is -0.00914 e. The van der Waals surface area contributed by atoms with Crippen LogP contribution >= 0.6 is 6.04 Å². The van der Waals surface area contributed by atoms with Crippen LogP contribution in [-0.2, 0) is 11.8 Å². The van der Waals surface area contributed by atoms with E-state index in [1.54, 1.807) is 0 Å². The van der Waals surface area contributed by atoms with Gasteiger partial charge in [0.1, 0.15) is 0 Å². The Morgan fingerprint density at radius 2 is 1.67 bits per heavy atom. The molecule has 0 saturated heterocycles. The Balaban J connectivity index is 4.35. The van der Waals surface area contributed by atoms with Gasteiger partial charge in [-0.3, -0.25) is 0 Å². The van der Waals surface area contributed by atoms with Crippen molar-refractivity contribution in [2.45, 2.75) is 32.9 Å². The van der Waals surface area contributed by atoms with Gasteiger partial charge in [-0.05, 0) is 24.0 Å². The second-order valence-electron chi connectivity index (χ2n) is 3.59. The quantitative estimate of drug-likeness (QED) is 0.537. The highest BCUT2D eigenvalue weighted by molar-refractivity contribution is 8.15. The predicted octanol–water partition coefficient (Wildman–Crippen LogP) is 2.91. The van der Waals surface area contributed by atoms with Crippen LogP contribution in [0.2, 0.25) is 0 Å². The summed E-state index contributed by atoms with van der Waals surface area (Å²) in [6.07, 6.45) is 1.19. The van der Waals surface area contributed by atoms with E-state index in [0.29, 0.717) is 5.16 Å². The first-order valence-corrected chi connectivity index (χ1v) is 6.81. The first-order chi connectivity index (χ1) is 3.81. The molecule has 56 valence electrons. The summed E-state index contributed by atoms with van der Waals surface area (Å²) in [7, 11) is 0. The number of hydrogen-bond acceptors (Lipinski definition) is 1. The summed E-state index contributed by atoms with van der Waals surface area (Å²) in [6.45, 7) is 11.2. The van der Waals surface area contributed by atoms with Crippen molar-refractivity contribution < 1.29 is 0 Å². The van der Waals surface area contributed by atoms with E-state index in [-0.39, 0.29) is 0 Å². The minimum atomic E-state index is -1.02. The molecule has 0 aliphatic heterocycles. The van der Waals surface area contributed by atoms with Crippen LogP contribution in [0, 0.1) is 0 Å². The topological polar surface area (TPSA) is 0 Å². The van der Waals surface area contributed by atoms with E-state index < -0.39 is 6.04 Å². The van der Waals surface area contributed by atoms with E-state index >= 15 is 0 Å². The third-order valence-electron chi connectivity index (χ3n) is 2.02. The van der Waals surface area contributed by atoms with Crippen molar-refractivity contribution >= 4 is 17.8 Å². The molecule has 0 aromatic carbocycles. The normalized spacial score (nSPS) is 19.2. The van der Waals surface area contributed by atoms with Gasteiger partial charge in [-0.25, -0.2) is 0 Å². The average Bonchev–Trinajstić information content (AvgIpc) is 1.64. The van der Waals surface area contributed by atoms with Crippen LogP contribution in [0.4, 0.5) is 0 Å². The van der Waals surface area contributed by atoms with Crippen LogP contribution in [-0.4, -0.2) is 18.0 Å². The van der Waals surface area contributed by atoms with Gasteiger partial charge in [0.05, 0.1) is 0 Å². The standard InChI is InChI=1S/C7H17PS/c1-6-8(5,9)7(2,3)4/h6H2,1-5H3. The van der Waals surface area contributed by atoms with Crippen molar-refractivity contribution in [2.75, 3.05) is 12.8 Å². The van der Waals surface area contributed by atoms with E-state index in [1.165, 1.54) is 6.16 Å². The second kappa shape index (κ2) is 2.72. The zero-order valence-electron chi connectivity index (χ0n) is 7.06. The largest absolute Gasteiger partial charge is 0.0972 e. The molecule has 0 amide bonds. The fourth-order valence-corrected chi connectivity index (χ4v) is 1.42. The minimum absolute atomic E-state index is 0.372. The molecule has 0 bridgehead atoms. The third kappa shape index (κ3) is 2.39. The number of rotatable bonds is 1. The molecule has 0 aromatic rings. The highest BCUT2D eigenvalue weighted by Gasteiger charge is 2.24. The van der Waals surface area contributed by atoms with Gasteiger partial charge in [0.25, 0.3) is 0 Å².